The van der Waals surface area contributed by atoms with E-state index in [0.717, 1.165) is 24.7 Å². The number of aryl methyl sites for hydroxylation is 1. The second kappa shape index (κ2) is 10.1. The lowest BCUT2D eigenvalue weighted by atomic mass is 9.83. The average molecular weight is 459 g/mol. The minimum atomic E-state index is -3.31. The van der Waals surface area contributed by atoms with Crippen LogP contribution < -0.4 is 18.9 Å². The van der Waals surface area contributed by atoms with Gasteiger partial charge in [-0.1, -0.05) is 12.1 Å². The van der Waals surface area contributed by atoms with Gasteiger partial charge in [0, 0.05) is 17.8 Å². The van der Waals surface area contributed by atoms with Crippen molar-refractivity contribution in [1.29, 1.82) is 0 Å². The normalized spacial score (nSPS) is 18.4. The van der Waals surface area contributed by atoms with Crippen molar-refractivity contribution in [2.24, 2.45) is 10.9 Å². The van der Waals surface area contributed by atoms with Crippen LogP contribution in [-0.4, -0.2) is 47.3 Å². The van der Waals surface area contributed by atoms with Gasteiger partial charge in [0.1, 0.15) is 5.75 Å². The summed E-state index contributed by atoms with van der Waals surface area (Å²) in [5, 5.41) is 0. The Morgan fingerprint density at radius 1 is 1.06 bits per heavy atom. The van der Waals surface area contributed by atoms with Gasteiger partial charge in [-0.2, -0.15) is 0 Å². The van der Waals surface area contributed by atoms with Crippen molar-refractivity contribution in [3.05, 3.63) is 60.2 Å². The Labute approximate surface area is 190 Å². The van der Waals surface area contributed by atoms with Crippen LogP contribution >= 0.6 is 0 Å². The molecule has 172 valence electrons. The van der Waals surface area contributed by atoms with Crippen molar-refractivity contribution in [3.8, 4) is 17.2 Å². The molecule has 1 aliphatic heterocycles. The van der Waals surface area contributed by atoms with E-state index < -0.39 is 10.0 Å². The van der Waals surface area contributed by atoms with Crippen molar-refractivity contribution in [2.75, 3.05) is 31.8 Å². The molecule has 2 unspecified atom stereocenters. The molecule has 7 nitrogen and oxygen atoms in total. The van der Waals surface area contributed by atoms with Crippen molar-refractivity contribution >= 4 is 21.9 Å². The smallest absolute Gasteiger partial charge is 0.229 e. The predicted octanol–water partition coefficient (Wildman–Crippen LogP) is 4.10. The molecule has 1 heterocycles. The highest BCUT2D eigenvalue weighted by atomic mass is 32.2. The molecule has 1 N–H and O–H groups in total. The van der Waals surface area contributed by atoms with Gasteiger partial charge in [0.15, 0.2) is 11.5 Å². The second-order valence-corrected chi connectivity index (χ2v) is 9.75. The molecular formula is C24H30N2O5S. The minimum Gasteiger partial charge on any atom is -0.493 e. The molecule has 0 aromatic heterocycles. The molecular weight excluding hydrogens is 428 g/mol. The van der Waals surface area contributed by atoms with Gasteiger partial charge in [-0.15, -0.1) is 0 Å². The molecule has 8 heteroatoms. The van der Waals surface area contributed by atoms with Crippen LogP contribution in [0.15, 0.2) is 59.6 Å². The molecule has 2 atom stereocenters. The molecule has 3 rings (SSSR count). The van der Waals surface area contributed by atoms with Gasteiger partial charge in [-0.05, 0) is 67.8 Å². The summed E-state index contributed by atoms with van der Waals surface area (Å²) in [7, 11) is -0.0514. The topological polar surface area (TPSA) is 86.2 Å². The maximum absolute atomic E-state index is 11.4. The van der Waals surface area contributed by atoms with Crippen LogP contribution in [0.1, 0.15) is 18.9 Å². The fraction of sp³-hybridized carbons (Fsp3) is 0.375. The van der Waals surface area contributed by atoms with Crippen molar-refractivity contribution in [2.45, 2.75) is 25.3 Å². The molecule has 0 aliphatic carbocycles. The highest BCUT2D eigenvalue weighted by Crippen LogP contribution is 2.33. The van der Waals surface area contributed by atoms with Crippen LogP contribution in [0, 0.1) is 5.92 Å². The van der Waals surface area contributed by atoms with Crippen molar-refractivity contribution in [3.63, 3.8) is 0 Å². The third-order valence-corrected chi connectivity index (χ3v) is 6.14. The number of ether oxygens (including phenoxy) is 3. The molecule has 1 aliphatic rings. The quantitative estimate of drug-likeness (QED) is 0.548. The zero-order chi connectivity index (χ0) is 23.2. The van der Waals surface area contributed by atoms with Crippen LogP contribution in [0.2, 0.25) is 0 Å². The maximum atomic E-state index is 11.4. The summed E-state index contributed by atoms with van der Waals surface area (Å²) in [6.45, 7) is 2.58. The summed E-state index contributed by atoms with van der Waals surface area (Å²) in [4.78, 5) is 4.67. The van der Waals surface area contributed by atoms with Gasteiger partial charge in [0.25, 0.3) is 0 Å². The highest BCUT2D eigenvalue weighted by Gasteiger charge is 2.33. The first-order valence-corrected chi connectivity index (χ1v) is 12.3. The van der Waals surface area contributed by atoms with Gasteiger partial charge < -0.3 is 14.2 Å². The zero-order valence-electron chi connectivity index (χ0n) is 18.9. The molecule has 0 saturated carbocycles. The average Bonchev–Trinajstić information content (AvgIpc) is 3.20. The number of allylic oxidation sites excluding steroid dienone is 1. The van der Waals surface area contributed by atoms with E-state index in [-0.39, 0.29) is 11.5 Å². The first-order chi connectivity index (χ1) is 15.2. The number of sulfonamides is 1. The lowest BCUT2D eigenvalue weighted by molar-refractivity contribution is 0.195. The molecule has 2 aromatic rings. The molecule has 0 spiro atoms. The number of aliphatic imine (C=N–C) groups is 1. The van der Waals surface area contributed by atoms with Crippen LogP contribution in [0.5, 0.6) is 17.2 Å². The van der Waals surface area contributed by atoms with Gasteiger partial charge in [0.05, 0.1) is 32.6 Å². The Bertz CT molecular complexity index is 1070. The van der Waals surface area contributed by atoms with E-state index in [4.69, 9.17) is 14.2 Å². The Morgan fingerprint density at radius 3 is 2.38 bits per heavy atom. The molecule has 32 heavy (non-hydrogen) atoms. The number of methoxy groups -OCH3 is 2. The lowest BCUT2D eigenvalue weighted by Gasteiger charge is -2.30. The van der Waals surface area contributed by atoms with E-state index in [9.17, 15) is 8.42 Å². The number of benzene rings is 2. The number of nitrogens with one attached hydrogen (secondary N) is 1. The molecule has 0 radical (unpaired) electrons. The zero-order valence-corrected chi connectivity index (χ0v) is 19.7. The largest absolute Gasteiger partial charge is 0.493 e. The minimum absolute atomic E-state index is 0.138. The van der Waals surface area contributed by atoms with Crippen molar-refractivity contribution in [1.82, 2.24) is 0 Å². The molecule has 0 fully saturated rings. The van der Waals surface area contributed by atoms with Gasteiger partial charge >= 0.3 is 0 Å². The summed E-state index contributed by atoms with van der Waals surface area (Å²) in [5.74, 6) is 2.24. The molecule has 0 amide bonds. The standard InChI is InChI=1S/C24H30N2O5S/c1-24(14-5-15-25-24)19(8-6-18-7-13-22(29-2)23(16-18)30-3)17-31-21-11-9-20(10-12-21)26-32(4,27)28/h5,7,9-16,19,26H,6,8,17H2,1-4H3. The van der Waals surface area contributed by atoms with E-state index in [1.807, 2.05) is 30.5 Å². The number of rotatable bonds is 11. The maximum Gasteiger partial charge on any atom is 0.229 e. The second-order valence-electron chi connectivity index (χ2n) is 8.00. The number of hydrogen-bond acceptors (Lipinski definition) is 6. The Balaban J connectivity index is 1.68. The first-order valence-electron chi connectivity index (χ1n) is 10.4. The summed E-state index contributed by atoms with van der Waals surface area (Å²) in [5.41, 5.74) is 1.31. The predicted molar refractivity (Wildman–Crippen MR) is 128 cm³/mol. The molecule has 2 aromatic carbocycles. The lowest BCUT2D eigenvalue weighted by Crippen LogP contribution is -2.34. The van der Waals surface area contributed by atoms with Crippen LogP contribution in [0.4, 0.5) is 5.69 Å². The summed E-state index contributed by atoms with van der Waals surface area (Å²) < 4.78 is 42.0. The van der Waals surface area contributed by atoms with Gasteiger partial charge in [0.2, 0.25) is 10.0 Å². The van der Waals surface area contributed by atoms with Gasteiger partial charge in [-0.25, -0.2) is 8.42 Å². The number of hydrogen-bond donors (Lipinski definition) is 1. The summed E-state index contributed by atoms with van der Waals surface area (Å²) >= 11 is 0. The van der Waals surface area contributed by atoms with Crippen LogP contribution in [-0.2, 0) is 16.4 Å². The third kappa shape index (κ3) is 6.26. The Morgan fingerprint density at radius 2 is 1.78 bits per heavy atom. The number of nitrogens with zero attached hydrogens (tertiary/aromatic N) is 1. The molecule has 0 bridgehead atoms. The Hall–Kier alpha value is -3.00. The van der Waals surface area contributed by atoms with Crippen LogP contribution in [0.25, 0.3) is 0 Å². The summed E-state index contributed by atoms with van der Waals surface area (Å²) in [6.07, 6.45) is 8.72. The fourth-order valence-corrected chi connectivity index (χ4v) is 4.24. The van der Waals surface area contributed by atoms with E-state index in [1.54, 1.807) is 38.5 Å². The third-order valence-electron chi connectivity index (χ3n) is 5.54. The van der Waals surface area contributed by atoms with E-state index in [1.165, 1.54) is 0 Å². The summed E-state index contributed by atoms with van der Waals surface area (Å²) in [6, 6.07) is 12.9. The van der Waals surface area contributed by atoms with E-state index >= 15 is 0 Å². The monoisotopic (exact) mass is 458 g/mol. The van der Waals surface area contributed by atoms with E-state index in [2.05, 4.69) is 22.7 Å². The van der Waals surface area contributed by atoms with E-state index in [0.29, 0.717) is 29.5 Å². The first kappa shape index (κ1) is 23.7. The van der Waals surface area contributed by atoms with Gasteiger partial charge in [-0.3, -0.25) is 9.71 Å². The Kier molecular flexibility index (Phi) is 7.45. The van der Waals surface area contributed by atoms with Crippen LogP contribution in [0.3, 0.4) is 0 Å². The fourth-order valence-electron chi connectivity index (χ4n) is 3.68. The number of anilines is 1. The SMILES string of the molecule is COc1ccc(CCC(COc2ccc(NS(C)(=O)=O)cc2)C2(C)C=CC=N2)cc1OC. The molecule has 0 saturated heterocycles. The van der Waals surface area contributed by atoms with Crippen molar-refractivity contribution < 1.29 is 22.6 Å². The highest BCUT2D eigenvalue weighted by molar-refractivity contribution is 7.92.